The van der Waals surface area contributed by atoms with Gasteiger partial charge in [0.25, 0.3) is 0 Å². The van der Waals surface area contributed by atoms with Crippen LogP contribution in [0.3, 0.4) is 0 Å². The van der Waals surface area contributed by atoms with Gasteiger partial charge in [-0.05, 0) is 13.8 Å². The normalized spacial score (nSPS) is 12.3. The van der Waals surface area contributed by atoms with E-state index in [-0.39, 0.29) is 11.9 Å². The first-order valence-electron chi connectivity index (χ1n) is 6.54. The van der Waals surface area contributed by atoms with E-state index in [1.807, 2.05) is 57.7 Å². The Hall–Kier alpha value is -1.56. The quantitative estimate of drug-likeness (QED) is 0.813. The molecule has 0 saturated heterocycles. The fraction of sp³-hybridized carbons (Fsp3) is 0.692. The van der Waals surface area contributed by atoms with Crippen molar-refractivity contribution in [2.24, 2.45) is 7.05 Å². The van der Waals surface area contributed by atoms with E-state index < -0.39 is 0 Å². The number of likely N-dealkylation sites (N-methyl/N-ethyl adjacent to an activating group) is 1. The second-order valence-electron chi connectivity index (χ2n) is 4.96. The summed E-state index contributed by atoms with van der Waals surface area (Å²) in [7, 11) is 7.71. The van der Waals surface area contributed by atoms with Crippen LogP contribution in [0.5, 0.6) is 0 Å². The van der Waals surface area contributed by atoms with E-state index in [2.05, 4.69) is 10.3 Å². The second kappa shape index (κ2) is 6.56. The number of carbonyl (C=O) groups excluding carboxylic acids is 1. The van der Waals surface area contributed by atoms with Crippen LogP contribution < -0.4 is 10.2 Å². The van der Waals surface area contributed by atoms with Crippen LogP contribution in [0.2, 0.25) is 0 Å². The standard InChI is InChI=1S/C13H25N5O/c1-7-17(5)12(19)10(2)14-8-11-9-15-13(16(3)4)18(11)6/h9-10,14H,7-8H2,1-6H3. The second-order valence-corrected chi connectivity index (χ2v) is 4.96. The number of hydrogen-bond donors (Lipinski definition) is 1. The molecule has 6 heteroatoms. The van der Waals surface area contributed by atoms with Crippen LogP contribution in [0.4, 0.5) is 5.95 Å². The number of nitrogens with one attached hydrogen (secondary N) is 1. The van der Waals surface area contributed by atoms with Gasteiger partial charge < -0.3 is 19.7 Å². The van der Waals surface area contributed by atoms with Crippen molar-refractivity contribution in [2.75, 3.05) is 32.6 Å². The summed E-state index contributed by atoms with van der Waals surface area (Å²) in [6.07, 6.45) is 1.84. The van der Waals surface area contributed by atoms with Gasteiger partial charge in [-0.15, -0.1) is 0 Å². The molecule has 1 rings (SSSR count). The number of rotatable bonds is 6. The molecule has 0 fully saturated rings. The lowest BCUT2D eigenvalue weighted by Crippen LogP contribution is -2.42. The predicted octanol–water partition coefficient (Wildman–Crippen LogP) is 0.443. The Labute approximate surface area is 115 Å². The maximum absolute atomic E-state index is 11.9. The fourth-order valence-corrected chi connectivity index (χ4v) is 1.84. The maximum atomic E-state index is 11.9. The third-order valence-electron chi connectivity index (χ3n) is 3.27. The lowest BCUT2D eigenvalue weighted by Gasteiger charge is -2.20. The van der Waals surface area contributed by atoms with Gasteiger partial charge in [0, 0.05) is 41.3 Å². The highest BCUT2D eigenvalue weighted by Crippen LogP contribution is 2.10. The molecule has 19 heavy (non-hydrogen) atoms. The number of nitrogens with zero attached hydrogens (tertiary/aromatic N) is 4. The van der Waals surface area contributed by atoms with Gasteiger partial charge in [0.05, 0.1) is 17.9 Å². The van der Waals surface area contributed by atoms with E-state index in [1.54, 1.807) is 4.90 Å². The fourth-order valence-electron chi connectivity index (χ4n) is 1.84. The molecule has 0 spiro atoms. The number of amides is 1. The molecule has 1 N–H and O–H groups in total. The van der Waals surface area contributed by atoms with Crippen LogP contribution >= 0.6 is 0 Å². The Morgan fingerprint density at radius 3 is 2.58 bits per heavy atom. The van der Waals surface area contributed by atoms with Crippen molar-refractivity contribution in [3.8, 4) is 0 Å². The molecule has 1 amide bonds. The van der Waals surface area contributed by atoms with E-state index in [4.69, 9.17) is 0 Å². The van der Waals surface area contributed by atoms with Gasteiger partial charge in [0.2, 0.25) is 11.9 Å². The molecule has 1 unspecified atom stereocenters. The molecule has 6 nitrogen and oxygen atoms in total. The van der Waals surface area contributed by atoms with E-state index >= 15 is 0 Å². The van der Waals surface area contributed by atoms with Crippen molar-refractivity contribution in [2.45, 2.75) is 26.4 Å². The van der Waals surface area contributed by atoms with E-state index in [0.29, 0.717) is 6.54 Å². The summed E-state index contributed by atoms with van der Waals surface area (Å²) in [5.41, 5.74) is 1.06. The first kappa shape index (κ1) is 15.5. The minimum absolute atomic E-state index is 0.109. The summed E-state index contributed by atoms with van der Waals surface area (Å²) in [4.78, 5) is 19.9. The molecular formula is C13H25N5O. The van der Waals surface area contributed by atoms with E-state index in [0.717, 1.165) is 18.2 Å². The summed E-state index contributed by atoms with van der Waals surface area (Å²) in [5, 5.41) is 3.24. The highest BCUT2D eigenvalue weighted by atomic mass is 16.2. The average molecular weight is 267 g/mol. The number of imidazole rings is 1. The first-order valence-corrected chi connectivity index (χ1v) is 6.54. The Balaban J connectivity index is 2.60. The molecule has 0 radical (unpaired) electrons. The third kappa shape index (κ3) is 3.70. The number of aromatic nitrogens is 2. The molecular weight excluding hydrogens is 242 g/mol. The maximum Gasteiger partial charge on any atom is 0.239 e. The molecule has 1 aromatic rings. The van der Waals surface area contributed by atoms with Gasteiger partial charge in [-0.25, -0.2) is 4.98 Å². The Bertz CT molecular complexity index is 427. The van der Waals surface area contributed by atoms with Gasteiger partial charge in [-0.2, -0.15) is 0 Å². The zero-order valence-corrected chi connectivity index (χ0v) is 12.8. The summed E-state index contributed by atoms with van der Waals surface area (Å²) >= 11 is 0. The van der Waals surface area contributed by atoms with E-state index in [9.17, 15) is 4.79 Å². The molecule has 0 aromatic carbocycles. The largest absolute Gasteiger partial charge is 0.348 e. The van der Waals surface area contributed by atoms with Gasteiger partial charge in [-0.3, -0.25) is 4.79 Å². The molecule has 1 aromatic heterocycles. The number of anilines is 1. The van der Waals surface area contributed by atoms with Gasteiger partial charge in [-0.1, -0.05) is 0 Å². The van der Waals surface area contributed by atoms with Crippen molar-refractivity contribution in [1.29, 1.82) is 0 Å². The average Bonchev–Trinajstić information content (AvgIpc) is 2.75. The van der Waals surface area contributed by atoms with Crippen molar-refractivity contribution < 1.29 is 4.79 Å². The molecule has 0 saturated carbocycles. The monoisotopic (exact) mass is 267 g/mol. The number of carbonyl (C=O) groups is 1. The van der Waals surface area contributed by atoms with Crippen LogP contribution in [0.25, 0.3) is 0 Å². The SMILES string of the molecule is CCN(C)C(=O)C(C)NCc1cnc(N(C)C)n1C. The molecule has 108 valence electrons. The van der Waals surface area contributed by atoms with Gasteiger partial charge in [0.15, 0.2) is 0 Å². The van der Waals surface area contributed by atoms with Crippen LogP contribution in [-0.2, 0) is 18.4 Å². The molecule has 0 aliphatic heterocycles. The van der Waals surface area contributed by atoms with Gasteiger partial charge >= 0.3 is 0 Å². The summed E-state index contributed by atoms with van der Waals surface area (Å²) in [5.74, 6) is 1.01. The third-order valence-corrected chi connectivity index (χ3v) is 3.27. The first-order chi connectivity index (χ1) is 8.88. The lowest BCUT2D eigenvalue weighted by molar-refractivity contribution is -0.131. The van der Waals surface area contributed by atoms with Crippen molar-refractivity contribution in [1.82, 2.24) is 19.8 Å². The topological polar surface area (TPSA) is 53.4 Å². The summed E-state index contributed by atoms with van der Waals surface area (Å²) < 4.78 is 2.02. The molecule has 0 aliphatic carbocycles. The zero-order chi connectivity index (χ0) is 14.6. The van der Waals surface area contributed by atoms with Crippen molar-refractivity contribution in [3.63, 3.8) is 0 Å². The predicted molar refractivity (Wildman–Crippen MR) is 77.1 cm³/mol. The van der Waals surface area contributed by atoms with Crippen LogP contribution in [0.15, 0.2) is 6.20 Å². The van der Waals surface area contributed by atoms with Crippen molar-refractivity contribution >= 4 is 11.9 Å². The minimum Gasteiger partial charge on any atom is -0.348 e. The Kier molecular flexibility index (Phi) is 5.35. The molecule has 1 heterocycles. The summed E-state index contributed by atoms with van der Waals surface area (Å²) in [6, 6.07) is -0.192. The lowest BCUT2D eigenvalue weighted by atomic mass is 10.3. The molecule has 0 bridgehead atoms. The molecule has 1 atom stereocenters. The van der Waals surface area contributed by atoms with Crippen molar-refractivity contribution in [3.05, 3.63) is 11.9 Å². The Morgan fingerprint density at radius 2 is 2.11 bits per heavy atom. The highest BCUT2D eigenvalue weighted by molar-refractivity contribution is 5.81. The van der Waals surface area contributed by atoms with Crippen LogP contribution in [-0.4, -0.2) is 54.1 Å². The zero-order valence-electron chi connectivity index (χ0n) is 12.8. The van der Waals surface area contributed by atoms with Gasteiger partial charge in [0.1, 0.15) is 0 Å². The Morgan fingerprint density at radius 1 is 1.47 bits per heavy atom. The number of hydrogen-bond acceptors (Lipinski definition) is 4. The minimum atomic E-state index is -0.192. The van der Waals surface area contributed by atoms with E-state index in [1.165, 1.54) is 0 Å². The molecule has 0 aliphatic rings. The van der Waals surface area contributed by atoms with Crippen LogP contribution in [0, 0.1) is 0 Å². The van der Waals surface area contributed by atoms with Crippen LogP contribution in [0.1, 0.15) is 19.5 Å². The highest BCUT2D eigenvalue weighted by Gasteiger charge is 2.16. The summed E-state index contributed by atoms with van der Waals surface area (Å²) in [6.45, 7) is 5.20. The smallest absolute Gasteiger partial charge is 0.239 e.